The highest BCUT2D eigenvalue weighted by molar-refractivity contribution is 5.86. The summed E-state index contributed by atoms with van der Waals surface area (Å²) in [6.07, 6.45) is 0. The number of nitrogens with two attached hydrogens (primary N) is 1. The van der Waals surface area contributed by atoms with Crippen LogP contribution >= 0.6 is 0 Å². The van der Waals surface area contributed by atoms with Crippen molar-refractivity contribution in [3.8, 4) is 0 Å². The summed E-state index contributed by atoms with van der Waals surface area (Å²) in [6.45, 7) is 9.23. The van der Waals surface area contributed by atoms with E-state index in [9.17, 15) is 4.79 Å². The van der Waals surface area contributed by atoms with Crippen LogP contribution in [0, 0.1) is 6.92 Å². The van der Waals surface area contributed by atoms with Gasteiger partial charge in [-0.15, -0.1) is 0 Å². The third-order valence-corrected chi connectivity index (χ3v) is 3.77. The van der Waals surface area contributed by atoms with Gasteiger partial charge < -0.3 is 10.6 Å². The lowest BCUT2D eigenvalue weighted by atomic mass is 10.2. The van der Waals surface area contributed by atoms with E-state index in [1.165, 1.54) is 0 Å². The first-order valence-electron chi connectivity index (χ1n) is 7.03. The SMILES string of the molecule is CCN(CC)C(=O)C(C)n1c(N)nc2c(C)cccc21. The molecule has 1 atom stereocenters. The van der Waals surface area contributed by atoms with Crippen LogP contribution in [0.15, 0.2) is 18.2 Å². The van der Waals surface area contributed by atoms with Crippen LogP contribution in [-0.4, -0.2) is 33.4 Å². The third kappa shape index (κ3) is 2.24. The normalized spacial score (nSPS) is 12.6. The lowest BCUT2D eigenvalue weighted by molar-refractivity contribution is -0.133. The predicted molar refractivity (Wildman–Crippen MR) is 81.5 cm³/mol. The molecular formula is C15H22N4O. The highest BCUT2D eigenvalue weighted by Crippen LogP contribution is 2.25. The van der Waals surface area contributed by atoms with Crippen molar-refractivity contribution in [2.75, 3.05) is 18.8 Å². The number of carbonyl (C=O) groups is 1. The smallest absolute Gasteiger partial charge is 0.245 e. The Morgan fingerprint density at radius 3 is 2.65 bits per heavy atom. The van der Waals surface area contributed by atoms with Gasteiger partial charge in [0.05, 0.1) is 11.0 Å². The topological polar surface area (TPSA) is 64.2 Å². The zero-order valence-corrected chi connectivity index (χ0v) is 12.6. The quantitative estimate of drug-likeness (QED) is 0.930. The van der Waals surface area contributed by atoms with Crippen molar-refractivity contribution in [2.24, 2.45) is 0 Å². The number of aromatic nitrogens is 2. The number of para-hydroxylation sites is 1. The summed E-state index contributed by atoms with van der Waals surface area (Å²) in [5.41, 5.74) is 8.87. The zero-order valence-electron chi connectivity index (χ0n) is 12.6. The van der Waals surface area contributed by atoms with Gasteiger partial charge in [-0.1, -0.05) is 12.1 Å². The van der Waals surface area contributed by atoms with Crippen LogP contribution in [0.5, 0.6) is 0 Å². The molecule has 1 amide bonds. The summed E-state index contributed by atoms with van der Waals surface area (Å²) in [4.78, 5) is 18.7. The van der Waals surface area contributed by atoms with Gasteiger partial charge in [0, 0.05) is 13.1 Å². The van der Waals surface area contributed by atoms with Crippen molar-refractivity contribution in [1.82, 2.24) is 14.5 Å². The van der Waals surface area contributed by atoms with Gasteiger partial charge >= 0.3 is 0 Å². The van der Waals surface area contributed by atoms with Crippen molar-refractivity contribution in [3.05, 3.63) is 23.8 Å². The van der Waals surface area contributed by atoms with Gasteiger partial charge in [-0.2, -0.15) is 0 Å². The number of likely N-dealkylation sites (N-methyl/N-ethyl adjacent to an activating group) is 1. The van der Waals surface area contributed by atoms with E-state index in [-0.39, 0.29) is 11.9 Å². The van der Waals surface area contributed by atoms with Gasteiger partial charge in [-0.25, -0.2) is 4.98 Å². The molecule has 2 aromatic rings. The minimum Gasteiger partial charge on any atom is -0.369 e. The average molecular weight is 274 g/mol. The first-order chi connectivity index (χ1) is 9.51. The molecule has 0 aliphatic rings. The van der Waals surface area contributed by atoms with E-state index in [1.807, 2.05) is 55.4 Å². The largest absolute Gasteiger partial charge is 0.369 e. The Bertz CT molecular complexity index is 628. The van der Waals surface area contributed by atoms with Crippen molar-refractivity contribution in [2.45, 2.75) is 33.7 Å². The fourth-order valence-corrected chi connectivity index (χ4v) is 2.59. The monoisotopic (exact) mass is 274 g/mol. The van der Waals surface area contributed by atoms with E-state index in [2.05, 4.69) is 4.98 Å². The number of carbonyl (C=O) groups excluding carboxylic acids is 1. The molecular weight excluding hydrogens is 252 g/mol. The van der Waals surface area contributed by atoms with E-state index in [1.54, 1.807) is 0 Å². The molecule has 1 heterocycles. The fraction of sp³-hybridized carbons (Fsp3) is 0.467. The van der Waals surface area contributed by atoms with Crippen LogP contribution in [0.4, 0.5) is 5.95 Å². The molecule has 0 spiro atoms. The van der Waals surface area contributed by atoms with Crippen LogP contribution in [-0.2, 0) is 4.79 Å². The number of imidazole rings is 1. The number of hydrogen-bond donors (Lipinski definition) is 1. The molecule has 5 heteroatoms. The van der Waals surface area contributed by atoms with Gasteiger partial charge in [0.1, 0.15) is 6.04 Å². The Hall–Kier alpha value is -2.04. The molecule has 2 N–H and O–H groups in total. The van der Waals surface area contributed by atoms with Crippen molar-refractivity contribution >= 4 is 22.9 Å². The Morgan fingerprint density at radius 2 is 2.05 bits per heavy atom. The first kappa shape index (κ1) is 14.4. The van der Waals surface area contributed by atoms with Crippen LogP contribution in [0.1, 0.15) is 32.4 Å². The lowest BCUT2D eigenvalue weighted by Gasteiger charge is -2.24. The van der Waals surface area contributed by atoms with E-state index in [0.29, 0.717) is 19.0 Å². The number of nitrogens with zero attached hydrogens (tertiary/aromatic N) is 3. The fourth-order valence-electron chi connectivity index (χ4n) is 2.59. The zero-order chi connectivity index (χ0) is 14.9. The molecule has 108 valence electrons. The predicted octanol–water partition coefficient (Wildman–Crippen LogP) is 2.36. The number of anilines is 1. The maximum Gasteiger partial charge on any atom is 0.245 e. The van der Waals surface area contributed by atoms with E-state index in [0.717, 1.165) is 16.6 Å². The van der Waals surface area contributed by atoms with E-state index < -0.39 is 0 Å². The number of hydrogen-bond acceptors (Lipinski definition) is 3. The minimum absolute atomic E-state index is 0.0718. The molecule has 1 unspecified atom stereocenters. The van der Waals surface area contributed by atoms with Crippen LogP contribution < -0.4 is 5.73 Å². The molecule has 0 aliphatic carbocycles. The summed E-state index contributed by atoms with van der Waals surface area (Å²) < 4.78 is 1.82. The van der Waals surface area contributed by atoms with Crippen LogP contribution in [0.2, 0.25) is 0 Å². The van der Waals surface area contributed by atoms with Crippen LogP contribution in [0.3, 0.4) is 0 Å². The molecule has 0 aliphatic heterocycles. The third-order valence-electron chi connectivity index (χ3n) is 3.77. The Kier molecular flexibility index (Phi) is 3.97. The number of amides is 1. The number of fused-ring (bicyclic) bond motifs is 1. The van der Waals surface area contributed by atoms with Gasteiger partial charge in [-0.05, 0) is 39.3 Å². The molecule has 0 bridgehead atoms. The molecule has 2 rings (SSSR count). The standard InChI is InChI=1S/C15H22N4O/c1-5-18(6-2)14(20)11(4)19-12-9-7-8-10(3)13(12)17-15(19)16/h7-9,11H,5-6H2,1-4H3,(H2,16,17). The highest BCUT2D eigenvalue weighted by Gasteiger charge is 2.23. The summed E-state index contributed by atoms with van der Waals surface area (Å²) >= 11 is 0. The summed E-state index contributed by atoms with van der Waals surface area (Å²) in [5.74, 6) is 0.463. The Balaban J connectivity index is 2.50. The van der Waals surface area contributed by atoms with Crippen molar-refractivity contribution in [3.63, 3.8) is 0 Å². The average Bonchev–Trinajstić information content (AvgIpc) is 2.77. The van der Waals surface area contributed by atoms with Gasteiger partial charge in [0.25, 0.3) is 0 Å². The molecule has 0 saturated carbocycles. The molecule has 0 saturated heterocycles. The first-order valence-corrected chi connectivity index (χ1v) is 7.03. The Labute approximate surface area is 119 Å². The number of benzene rings is 1. The van der Waals surface area contributed by atoms with E-state index >= 15 is 0 Å². The number of rotatable bonds is 4. The van der Waals surface area contributed by atoms with Crippen molar-refractivity contribution in [1.29, 1.82) is 0 Å². The maximum absolute atomic E-state index is 12.5. The summed E-state index contributed by atoms with van der Waals surface area (Å²) in [6, 6.07) is 5.57. The van der Waals surface area contributed by atoms with Crippen molar-refractivity contribution < 1.29 is 4.79 Å². The maximum atomic E-state index is 12.5. The highest BCUT2D eigenvalue weighted by atomic mass is 16.2. The van der Waals surface area contributed by atoms with E-state index in [4.69, 9.17) is 5.73 Å². The van der Waals surface area contributed by atoms with Gasteiger partial charge in [0.15, 0.2) is 0 Å². The number of aryl methyl sites for hydroxylation is 1. The molecule has 0 fully saturated rings. The van der Waals surface area contributed by atoms with Gasteiger partial charge in [-0.3, -0.25) is 9.36 Å². The second-order valence-corrected chi connectivity index (χ2v) is 4.97. The molecule has 1 aromatic carbocycles. The number of nitrogen functional groups attached to an aromatic ring is 1. The van der Waals surface area contributed by atoms with Crippen LogP contribution in [0.25, 0.3) is 11.0 Å². The van der Waals surface area contributed by atoms with Gasteiger partial charge in [0.2, 0.25) is 11.9 Å². The summed E-state index contributed by atoms with van der Waals surface area (Å²) in [7, 11) is 0. The summed E-state index contributed by atoms with van der Waals surface area (Å²) in [5, 5.41) is 0. The molecule has 0 radical (unpaired) electrons. The Morgan fingerprint density at radius 1 is 1.40 bits per heavy atom. The molecule has 20 heavy (non-hydrogen) atoms. The second-order valence-electron chi connectivity index (χ2n) is 4.97. The lowest BCUT2D eigenvalue weighted by Crippen LogP contribution is -2.36. The second kappa shape index (κ2) is 5.53. The minimum atomic E-state index is -0.346. The molecule has 1 aromatic heterocycles. The molecule has 5 nitrogen and oxygen atoms in total.